The van der Waals surface area contributed by atoms with Gasteiger partial charge in [-0.2, -0.15) is 14.1 Å². The van der Waals surface area contributed by atoms with Crippen LogP contribution in [0.2, 0.25) is 5.02 Å². The number of benzene rings is 2. The van der Waals surface area contributed by atoms with Crippen molar-refractivity contribution in [3.8, 4) is 17.2 Å². The number of aromatic nitrogens is 2. The normalized spacial score (nSPS) is 20.2. The van der Waals surface area contributed by atoms with E-state index < -0.39 is 15.6 Å². The van der Waals surface area contributed by atoms with Gasteiger partial charge in [0.25, 0.3) is 0 Å². The first-order valence-electron chi connectivity index (χ1n) is 12.4. The fraction of sp³-hybridized carbons (Fsp3) is 0.385. The molecule has 2 aliphatic heterocycles. The van der Waals surface area contributed by atoms with E-state index in [9.17, 15) is 13.2 Å². The van der Waals surface area contributed by atoms with Crippen LogP contribution in [-0.2, 0) is 16.4 Å². The van der Waals surface area contributed by atoms with Gasteiger partial charge in [-0.15, -0.1) is 0 Å². The average molecular weight is 543 g/mol. The van der Waals surface area contributed by atoms with Crippen LogP contribution in [0.25, 0.3) is 5.69 Å². The van der Waals surface area contributed by atoms with Crippen LogP contribution in [0.5, 0.6) is 11.5 Å². The molecule has 1 aromatic heterocycles. The number of hydrogen-bond acceptors (Lipinski definition) is 7. The van der Waals surface area contributed by atoms with E-state index >= 15 is 0 Å². The van der Waals surface area contributed by atoms with Crippen molar-refractivity contribution >= 4 is 27.3 Å². The molecule has 0 bridgehead atoms. The quantitative estimate of drug-likeness (QED) is 0.473. The Bertz CT molecular complexity index is 1480. The molecule has 1 unspecified atom stereocenters. The lowest BCUT2D eigenvalue weighted by Gasteiger charge is -2.36. The zero-order chi connectivity index (χ0) is 25.6. The lowest BCUT2D eigenvalue weighted by Crippen LogP contribution is -2.50. The Labute approximate surface area is 220 Å². The van der Waals surface area contributed by atoms with Gasteiger partial charge in [0.2, 0.25) is 15.8 Å². The van der Waals surface area contributed by atoms with Crippen molar-refractivity contribution in [3.05, 3.63) is 75.7 Å². The average Bonchev–Trinajstić information content (AvgIpc) is 3.76. The number of nitrogens with zero attached hydrogens (tertiary/aromatic N) is 4. The molecule has 0 spiro atoms. The Balaban J connectivity index is 1.31. The summed E-state index contributed by atoms with van der Waals surface area (Å²) in [6, 6.07) is 14.7. The summed E-state index contributed by atoms with van der Waals surface area (Å²) < 4.78 is 40.5. The molecule has 194 valence electrons. The highest BCUT2D eigenvalue weighted by molar-refractivity contribution is 7.90. The Hall–Kier alpha value is -3.08. The highest BCUT2D eigenvalue weighted by atomic mass is 35.5. The van der Waals surface area contributed by atoms with Crippen molar-refractivity contribution in [3.63, 3.8) is 0 Å². The number of para-hydroxylation sites is 1. The second kappa shape index (κ2) is 9.66. The zero-order valence-electron chi connectivity index (χ0n) is 20.1. The lowest BCUT2D eigenvalue weighted by molar-refractivity contribution is 0.110. The number of hydrogen-bond donors (Lipinski definition) is 0. The fourth-order valence-corrected chi connectivity index (χ4v) is 6.87. The van der Waals surface area contributed by atoms with E-state index in [4.69, 9.17) is 21.1 Å². The van der Waals surface area contributed by atoms with E-state index in [1.807, 2.05) is 29.2 Å². The maximum atomic E-state index is 13.7. The van der Waals surface area contributed by atoms with Gasteiger partial charge in [-0.3, -0.25) is 4.79 Å². The van der Waals surface area contributed by atoms with E-state index in [1.165, 1.54) is 4.68 Å². The van der Waals surface area contributed by atoms with Crippen LogP contribution >= 0.6 is 11.6 Å². The standard InChI is InChI=1S/C26H27ClN4O5S/c27-19-5-3-6-20(15-19)31-26(32)25(36-21-14-18-4-1-2-7-24(18)35-17-21)23(16-28-31)29-10-12-30(13-11-29)37(33,34)22-8-9-22/h1-7,15-16,21-22H,8-14,17H2. The summed E-state index contributed by atoms with van der Waals surface area (Å²) in [6.45, 7) is 1.90. The SMILES string of the molecule is O=c1c(OC2COc3ccccc3C2)c(N2CCN(S(=O)(=O)C3CC3)CC2)cnn1-c1cccc(Cl)c1. The third-order valence-electron chi connectivity index (χ3n) is 6.98. The van der Waals surface area contributed by atoms with Gasteiger partial charge in [0, 0.05) is 37.6 Å². The second-order valence-corrected chi connectivity index (χ2v) is 12.2. The first-order chi connectivity index (χ1) is 17.9. The Morgan fingerprint density at radius 3 is 2.57 bits per heavy atom. The van der Waals surface area contributed by atoms with E-state index in [2.05, 4.69) is 5.10 Å². The smallest absolute Gasteiger partial charge is 0.316 e. The Kier molecular flexibility index (Phi) is 6.34. The topological polar surface area (TPSA) is 94.0 Å². The predicted molar refractivity (Wildman–Crippen MR) is 141 cm³/mol. The Morgan fingerprint density at radius 1 is 1.03 bits per heavy atom. The minimum absolute atomic E-state index is 0.168. The molecule has 6 rings (SSSR count). The maximum Gasteiger partial charge on any atom is 0.316 e. The predicted octanol–water partition coefficient (Wildman–Crippen LogP) is 2.88. The molecule has 2 fully saturated rings. The van der Waals surface area contributed by atoms with Crippen molar-refractivity contribution < 1.29 is 17.9 Å². The molecule has 2 aromatic carbocycles. The molecule has 11 heteroatoms. The molecular weight excluding hydrogens is 516 g/mol. The molecule has 1 saturated carbocycles. The van der Waals surface area contributed by atoms with Crippen molar-refractivity contribution in [2.75, 3.05) is 37.7 Å². The van der Waals surface area contributed by atoms with Crippen LogP contribution in [0.4, 0.5) is 5.69 Å². The van der Waals surface area contributed by atoms with Gasteiger partial charge in [-0.25, -0.2) is 8.42 Å². The molecule has 3 aromatic rings. The van der Waals surface area contributed by atoms with Gasteiger partial charge in [0.05, 0.1) is 17.1 Å². The molecule has 3 heterocycles. The van der Waals surface area contributed by atoms with Crippen LogP contribution in [-0.4, -0.2) is 66.6 Å². The van der Waals surface area contributed by atoms with E-state index in [1.54, 1.807) is 34.8 Å². The largest absolute Gasteiger partial charge is 0.489 e. The number of piperazine rings is 1. The van der Waals surface area contributed by atoms with Crippen LogP contribution in [0, 0.1) is 0 Å². The molecule has 1 atom stereocenters. The van der Waals surface area contributed by atoms with Crippen LogP contribution < -0.4 is 19.9 Å². The molecule has 0 N–H and O–H groups in total. The number of anilines is 1. The van der Waals surface area contributed by atoms with Gasteiger partial charge in [-0.05, 0) is 42.7 Å². The minimum atomic E-state index is -3.25. The van der Waals surface area contributed by atoms with Crippen molar-refractivity contribution in [1.82, 2.24) is 14.1 Å². The summed E-state index contributed by atoms with van der Waals surface area (Å²) in [5.41, 5.74) is 1.68. The molecule has 37 heavy (non-hydrogen) atoms. The van der Waals surface area contributed by atoms with Crippen LogP contribution in [0.1, 0.15) is 18.4 Å². The van der Waals surface area contributed by atoms with Crippen molar-refractivity contribution in [2.45, 2.75) is 30.6 Å². The number of rotatable bonds is 6. The van der Waals surface area contributed by atoms with Gasteiger partial charge in [0.1, 0.15) is 24.1 Å². The highest BCUT2D eigenvalue weighted by Gasteiger charge is 2.41. The second-order valence-electron chi connectivity index (χ2n) is 9.55. The third kappa shape index (κ3) is 4.81. The summed E-state index contributed by atoms with van der Waals surface area (Å²) in [4.78, 5) is 15.7. The van der Waals surface area contributed by atoms with Gasteiger partial charge >= 0.3 is 5.56 Å². The summed E-state index contributed by atoms with van der Waals surface area (Å²) in [6.07, 6.45) is 3.31. The monoisotopic (exact) mass is 542 g/mol. The fourth-order valence-electron chi connectivity index (χ4n) is 4.86. The number of sulfonamides is 1. The van der Waals surface area contributed by atoms with Crippen LogP contribution in [0.15, 0.2) is 59.5 Å². The number of ether oxygens (including phenoxy) is 2. The lowest BCUT2D eigenvalue weighted by atomic mass is 10.0. The van der Waals surface area contributed by atoms with E-state index in [0.717, 1.165) is 24.2 Å². The first kappa shape index (κ1) is 24.3. The van der Waals surface area contributed by atoms with Gasteiger partial charge < -0.3 is 14.4 Å². The number of fused-ring (bicyclic) bond motifs is 1. The molecule has 3 aliphatic rings. The zero-order valence-corrected chi connectivity index (χ0v) is 21.7. The molecule has 1 saturated heterocycles. The van der Waals surface area contributed by atoms with Gasteiger partial charge in [0.15, 0.2) is 0 Å². The summed E-state index contributed by atoms with van der Waals surface area (Å²) >= 11 is 6.17. The van der Waals surface area contributed by atoms with Crippen LogP contribution in [0.3, 0.4) is 0 Å². The van der Waals surface area contributed by atoms with Crippen molar-refractivity contribution in [2.24, 2.45) is 0 Å². The van der Waals surface area contributed by atoms with Crippen molar-refractivity contribution in [1.29, 1.82) is 0 Å². The molecular formula is C26H27ClN4O5S. The summed E-state index contributed by atoms with van der Waals surface area (Å²) in [5, 5.41) is 4.67. The highest BCUT2D eigenvalue weighted by Crippen LogP contribution is 2.33. The molecule has 1 aliphatic carbocycles. The summed E-state index contributed by atoms with van der Waals surface area (Å²) in [5.74, 6) is 0.989. The third-order valence-corrected chi connectivity index (χ3v) is 9.62. The minimum Gasteiger partial charge on any atom is -0.489 e. The Morgan fingerprint density at radius 2 is 1.81 bits per heavy atom. The van der Waals surface area contributed by atoms with E-state index in [-0.39, 0.29) is 17.1 Å². The molecule has 0 radical (unpaired) electrons. The maximum absolute atomic E-state index is 13.7. The first-order valence-corrected chi connectivity index (χ1v) is 14.3. The number of halogens is 1. The summed E-state index contributed by atoms with van der Waals surface area (Å²) in [7, 11) is -3.25. The molecule has 0 amide bonds. The van der Waals surface area contributed by atoms with E-state index in [0.29, 0.717) is 55.6 Å². The van der Waals surface area contributed by atoms with Gasteiger partial charge in [-0.1, -0.05) is 35.9 Å². The molecule has 9 nitrogen and oxygen atoms in total.